The summed E-state index contributed by atoms with van der Waals surface area (Å²) in [7, 11) is 0. The molecule has 5 nitrogen and oxygen atoms in total. The highest BCUT2D eigenvalue weighted by Crippen LogP contribution is 2.61. The largest absolute Gasteiger partial charge is 0.375 e. The van der Waals surface area contributed by atoms with E-state index in [9.17, 15) is 13.6 Å². The normalized spacial score (nSPS) is 32.5. The van der Waals surface area contributed by atoms with Crippen LogP contribution >= 0.6 is 0 Å². The highest BCUT2D eigenvalue weighted by molar-refractivity contribution is 5.95. The minimum atomic E-state index is -0.650. The lowest BCUT2D eigenvalue weighted by Gasteiger charge is -2.39. The summed E-state index contributed by atoms with van der Waals surface area (Å²) in [5, 5.41) is 8.60. The van der Waals surface area contributed by atoms with Gasteiger partial charge in [-0.25, -0.2) is 8.78 Å². The van der Waals surface area contributed by atoms with Gasteiger partial charge in [-0.15, -0.1) is 0 Å². The van der Waals surface area contributed by atoms with Crippen molar-refractivity contribution in [2.24, 2.45) is 28.0 Å². The van der Waals surface area contributed by atoms with E-state index in [2.05, 4.69) is 17.2 Å². The van der Waals surface area contributed by atoms with E-state index in [1.165, 1.54) is 18.2 Å². The zero-order chi connectivity index (χ0) is 21.0. The van der Waals surface area contributed by atoms with Crippen molar-refractivity contribution in [2.45, 2.75) is 45.3 Å². The lowest BCUT2D eigenvalue weighted by Crippen LogP contribution is -2.52. The van der Waals surface area contributed by atoms with Crippen LogP contribution in [-0.4, -0.2) is 36.1 Å². The van der Waals surface area contributed by atoms with Crippen molar-refractivity contribution in [3.05, 3.63) is 52.7 Å². The number of azo groups is 1. The van der Waals surface area contributed by atoms with E-state index in [1.54, 1.807) is 0 Å². The topological polar surface area (TPSA) is 54.3 Å². The zero-order valence-corrected chi connectivity index (χ0v) is 17.1. The molecule has 0 spiro atoms. The molecule has 2 heterocycles. The van der Waals surface area contributed by atoms with Crippen molar-refractivity contribution in [3.63, 3.8) is 0 Å². The molecule has 4 aliphatic rings. The minimum absolute atomic E-state index is 0.000391. The first kappa shape index (κ1) is 19.5. The third kappa shape index (κ3) is 3.11. The molecular formula is C23H25F2N3O2. The van der Waals surface area contributed by atoms with Crippen molar-refractivity contribution >= 4 is 11.6 Å². The lowest BCUT2D eigenvalue weighted by molar-refractivity contribution is -0.140. The molecule has 5 atom stereocenters. The van der Waals surface area contributed by atoms with Crippen molar-refractivity contribution in [3.8, 4) is 0 Å². The fraction of sp³-hybridized carbons (Fsp3) is 0.522. The molecule has 0 N–H and O–H groups in total. The van der Waals surface area contributed by atoms with Gasteiger partial charge in [0.2, 0.25) is 0 Å². The number of hydrogen-bond donors (Lipinski definition) is 0. The van der Waals surface area contributed by atoms with E-state index in [4.69, 9.17) is 4.74 Å². The predicted molar refractivity (Wildman–Crippen MR) is 107 cm³/mol. The van der Waals surface area contributed by atoms with Crippen LogP contribution in [0.15, 0.2) is 45.8 Å². The third-order valence-electron chi connectivity index (χ3n) is 6.87. The van der Waals surface area contributed by atoms with Crippen LogP contribution in [0.4, 0.5) is 8.78 Å². The van der Waals surface area contributed by atoms with Crippen LogP contribution in [0.5, 0.6) is 0 Å². The molecule has 158 valence electrons. The van der Waals surface area contributed by atoms with Crippen molar-refractivity contribution in [2.75, 3.05) is 13.2 Å². The fourth-order valence-electron chi connectivity index (χ4n) is 5.17. The minimum Gasteiger partial charge on any atom is -0.375 e. The van der Waals surface area contributed by atoms with Gasteiger partial charge in [0.05, 0.1) is 35.7 Å². The second-order valence-electron chi connectivity index (χ2n) is 8.68. The summed E-state index contributed by atoms with van der Waals surface area (Å²) in [6.07, 6.45) is 4.22. The van der Waals surface area contributed by atoms with Gasteiger partial charge in [-0.1, -0.05) is 19.1 Å². The molecule has 0 bridgehead atoms. The Labute approximate surface area is 174 Å². The fourth-order valence-corrected chi connectivity index (χ4v) is 5.17. The molecule has 1 aromatic carbocycles. The van der Waals surface area contributed by atoms with Gasteiger partial charge in [-0.3, -0.25) is 4.79 Å². The Balaban J connectivity index is 1.50. The van der Waals surface area contributed by atoms with Crippen LogP contribution < -0.4 is 0 Å². The Morgan fingerprint density at radius 1 is 1.27 bits per heavy atom. The Bertz CT molecular complexity index is 966. The second kappa shape index (κ2) is 7.38. The maximum atomic E-state index is 14.3. The van der Waals surface area contributed by atoms with Crippen LogP contribution in [0.3, 0.4) is 0 Å². The SMILES string of the molecule is CC[C@H]1COC(C)CN1C(=O)C1=C2N=NC(c3c(F)cccc3F)=CC3C2[C@@H]3CC1. The monoisotopic (exact) mass is 413 g/mol. The van der Waals surface area contributed by atoms with Crippen molar-refractivity contribution in [1.82, 2.24) is 4.90 Å². The van der Waals surface area contributed by atoms with E-state index in [0.717, 1.165) is 12.8 Å². The molecular weight excluding hydrogens is 388 g/mol. The molecule has 1 aromatic rings. The van der Waals surface area contributed by atoms with Gasteiger partial charge in [0.25, 0.3) is 5.91 Å². The molecule has 3 unspecified atom stereocenters. The number of carbonyl (C=O) groups excluding carboxylic acids is 1. The zero-order valence-electron chi connectivity index (χ0n) is 17.1. The number of benzene rings is 1. The number of nitrogens with zero attached hydrogens (tertiary/aromatic N) is 3. The van der Waals surface area contributed by atoms with Gasteiger partial charge in [-0.05, 0) is 50.2 Å². The average Bonchev–Trinajstić information content (AvgIpc) is 3.47. The highest BCUT2D eigenvalue weighted by atomic mass is 19.1. The molecule has 1 saturated carbocycles. The summed E-state index contributed by atoms with van der Waals surface area (Å²) in [5.74, 6) is -0.681. The van der Waals surface area contributed by atoms with Crippen LogP contribution in [-0.2, 0) is 9.53 Å². The lowest BCUT2D eigenvalue weighted by atomic mass is 9.94. The number of hydrogen-bond acceptors (Lipinski definition) is 4. The maximum Gasteiger partial charge on any atom is 0.252 e. The third-order valence-corrected chi connectivity index (χ3v) is 6.87. The van der Waals surface area contributed by atoms with Gasteiger partial charge in [0.15, 0.2) is 0 Å². The molecule has 5 rings (SSSR count). The van der Waals surface area contributed by atoms with E-state index in [0.29, 0.717) is 36.8 Å². The van der Waals surface area contributed by atoms with E-state index in [-0.39, 0.29) is 41.1 Å². The Kier molecular flexibility index (Phi) is 4.81. The molecule has 0 aromatic heterocycles. The molecule has 1 saturated heterocycles. The van der Waals surface area contributed by atoms with Gasteiger partial charge in [0, 0.05) is 18.0 Å². The molecule has 30 heavy (non-hydrogen) atoms. The summed E-state index contributed by atoms with van der Waals surface area (Å²) in [6, 6.07) is 3.84. The van der Waals surface area contributed by atoms with E-state index in [1.807, 2.05) is 17.9 Å². The number of rotatable bonds is 3. The van der Waals surface area contributed by atoms with Crippen molar-refractivity contribution in [1.29, 1.82) is 0 Å². The summed E-state index contributed by atoms with van der Waals surface area (Å²) < 4.78 is 34.3. The summed E-state index contributed by atoms with van der Waals surface area (Å²) in [4.78, 5) is 15.4. The summed E-state index contributed by atoms with van der Waals surface area (Å²) in [6.45, 7) is 5.13. The molecule has 2 fully saturated rings. The molecule has 1 amide bonds. The van der Waals surface area contributed by atoms with Gasteiger partial charge < -0.3 is 9.64 Å². The van der Waals surface area contributed by atoms with Gasteiger partial charge in [0.1, 0.15) is 11.6 Å². The van der Waals surface area contributed by atoms with Gasteiger partial charge >= 0.3 is 0 Å². The van der Waals surface area contributed by atoms with E-state index < -0.39 is 11.6 Å². The number of fused-ring (bicyclic) bond motifs is 1. The summed E-state index contributed by atoms with van der Waals surface area (Å²) in [5.41, 5.74) is 1.49. The maximum absolute atomic E-state index is 14.3. The first-order valence-electron chi connectivity index (χ1n) is 10.7. The van der Waals surface area contributed by atoms with Gasteiger partial charge in [-0.2, -0.15) is 10.2 Å². The number of carbonyl (C=O) groups is 1. The first-order chi connectivity index (χ1) is 14.5. The number of halogens is 2. The number of ether oxygens (including phenoxy) is 1. The van der Waals surface area contributed by atoms with Crippen LogP contribution in [0.1, 0.15) is 38.7 Å². The Morgan fingerprint density at radius 2 is 2.03 bits per heavy atom. The smallest absolute Gasteiger partial charge is 0.252 e. The quantitative estimate of drug-likeness (QED) is 0.721. The Hall–Kier alpha value is -2.41. The van der Waals surface area contributed by atoms with Crippen LogP contribution in [0, 0.1) is 29.4 Å². The van der Waals surface area contributed by atoms with Crippen LogP contribution in [0.25, 0.3) is 5.70 Å². The average molecular weight is 413 g/mol. The molecule has 7 heteroatoms. The van der Waals surface area contributed by atoms with E-state index >= 15 is 0 Å². The second-order valence-corrected chi connectivity index (χ2v) is 8.68. The number of allylic oxidation sites excluding steroid dienone is 2. The number of amides is 1. The molecule has 2 aliphatic heterocycles. The van der Waals surface area contributed by atoms with Crippen molar-refractivity contribution < 1.29 is 18.3 Å². The first-order valence-corrected chi connectivity index (χ1v) is 10.7. The Morgan fingerprint density at radius 3 is 2.77 bits per heavy atom. The molecule has 0 radical (unpaired) electrons. The number of morpholine rings is 1. The van der Waals surface area contributed by atoms with Crippen LogP contribution in [0.2, 0.25) is 0 Å². The summed E-state index contributed by atoms with van der Waals surface area (Å²) >= 11 is 0. The highest BCUT2D eigenvalue weighted by Gasteiger charge is 2.56. The predicted octanol–water partition coefficient (Wildman–Crippen LogP) is 4.71. The standard InChI is InChI=1S/C23H25F2N3O2/c1-3-13-11-30-12(2)10-28(13)23(29)15-8-7-14-16-9-19(26-27-22(15)20(14)16)21-17(24)5-4-6-18(21)25/h4-6,9,12-14,16,20H,3,7-8,10-11H2,1-2H3/t12?,13-,14+,16?,20?/m0/s1. The molecule has 2 aliphatic carbocycles.